The van der Waals surface area contributed by atoms with E-state index in [-0.39, 0.29) is 5.91 Å². The van der Waals surface area contributed by atoms with Gasteiger partial charge in [0.15, 0.2) is 0 Å². The number of methoxy groups -OCH3 is 1. The van der Waals surface area contributed by atoms with E-state index < -0.39 is 0 Å². The molecule has 0 fully saturated rings. The van der Waals surface area contributed by atoms with Crippen molar-refractivity contribution in [2.75, 3.05) is 25.6 Å². The van der Waals surface area contributed by atoms with Crippen molar-refractivity contribution in [1.82, 2.24) is 0 Å². The van der Waals surface area contributed by atoms with Crippen LogP contribution < -0.4 is 15.4 Å². The zero-order chi connectivity index (χ0) is 13.7. The van der Waals surface area contributed by atoms with Crippen molar-refractivity contribution < 1.29 is 9.53 Å². The lowest BCUT2D eigenvalue weighted by Gasteiger charge is -2.21. The summed E-state index contributed by atoms with van der Waals surface area (Å²) in [5.41, 5.74) is 7.37. The average molecular weight is 250 g/mol. The van der Waals surface area contributed by atoms with E-state index in [1.54, 1.807) is 19.1 Å². The smallest absolute Gasteiger partial charge is 0.228 e. The summed E-state index contributed by atoms with van der Waals surface area (Å²) >= 11 is 0. The maximum atomic E-state index is 11.8. The first kappa shape index (κ1) is 14.5. The van der Waals surface area contributed by atoms with Crippen LogP contribution in [-0.2, 0) is 4.79 Å². The van der Waals surface area contributed by atoms with Crippen LogP contribution in [0.1, 0.15) is 31.7 Å². The van der Waals surface area contributed by atoms with Crippen molar-refractivity contribution in [3.05, 3.63) is 23.8 Å². The third kappa shape index (κ3) is 3.23. The zero-order valence-electron chi connectivity index (χ0n) is 11.6. The highest BCUT2D eigenvalue weighted by Crippen LogP contribution is 2.31. The van der Waals surface area contributed by atoms with E-state index >= 15 is 0 Å². The molecule has 2 N–H and O–H groups in total. The number of ether oxygens (including phenoxy) is 1. The van der Waals surface area contributed by atoms with Crippen molar-refractivity contribution in [2.24, 2.45) is 5.73 Å². The Hall–Kier alpha value is -1.55. The van der Waals surface area contributed by atoms with Crippen molar-refractivity contribution in [1.29, 1.82) is 0 Å². The SMILES string of the molecule is COc1cc(C(C)C)ccc1N(C)C(=O)CCN. The maximum Gasteiger partial charge on any atom is 0.228 e. The molecule has 0 spiro atoms. The largest absolute Gasteiger partial charge is 0.495 e. The van der Waals surface area contributed by atoms with Gasteiger partial charge in [-0.05, 0) is 23.6 Å². The molecule has 1 aromatic rings. The fourth-order valence-electron chi connectivity index (χ4n) is 1.76. The van der Waals surface area contributed by atoms with E-state index in [9.17, 15) is 4.79 Å². The van der Waals surface area contributed by atoms with Crippen LogP contribution in [0.5, 0.6) is 5.75 Å². The van der Waals surface area contributed by atoms with E-state index in [0.29, 0.717) is 24.6 Å². The summed E-state index contributed by atoms with van der Waals surface area (Å²) in [5, 5.41) is 0. The molecule has 0 saturated carbocycles. The molecule has 100 valence electrons. The summed E-state index contributed by atoms with van der Waals surface area (Å²) in [7, 11) is 3.36. The van der Waals surface area contributed by atoms with Gasteiger partial charge in [0.05, 0.1) is 12.8 Å². The number of amides is 1. The standard InChI is InChI=1S/C14H22N2O2/c1-10(2)11-5-6-12(13(9-11)18-4)16(3)14(17)7-8-15/h5-6,9-10H,7-8,15H2,1-4H3. The normalized spacial score (nSPS) is 10.6. The molecule has 0 bridgehead atoms. The van der Waals surface area contributed by atoms with E-state index in [2.05, 4.69) is 13.8 Å². The Labute approximate surface area is 109 Å². The second-order valence-electron chi connectivity index (χ2n) is 4.58. The molecule has 18 heavy (non-hydrogen) atoms. The van der Waals surface area contributed by atoms with E-state index in [4.69, 9.17) is 10.5 Å². The van der Waals surface area contributed by atoms with Gasteiger partial charge in [-0.2, -0.15) is 0 Å². The van der Waals surface area contributed by atoms with Crippen molar-refractivity contribution in [3.8, 4) is 5.75 Å². The molecule has 0 atom stereocenters. The Morgan fingerprint density at radius 2 is 2.11 bits per heavy atom. The van der Waals surface area contributed by atoms with Gasteiger partial charge >= 0.3 is 0 Å². The second-order valence-corrected chi connectivity index (χ2v) is 4.58. The zero-order valence-corrected chi connectivity index (χ0v) is 11.6. The molecule has 0 unspecified atom stereocenters. The number of hydrogen-bond acceptors (Lipinski definition) is 3. The second kappa shape index (κ2) is 6.40. The summed E-state index contributed by atoms with van der Waals surface area (Å²) in [6.45, 7) is 4.60. The third-order valence-corrected chi connectivity index (χ3v) is 2.96. The molecule has 0 aromatic heterocycles. The topological polar surface area (TPSA) is 55.6 Å². The van der Waals surface area contributed by atoms with Crippen LogP contribution in [0, 0.1) is 0 Å². The summed E-state index contributed by atoms with van der Waals surface area (Å²) < 4.78 is 5.36. The highest BCUT2D eigenvalue weighted by atomic mass is 16.5. The minimum atomic E-state index is -0.00639. The highest BCUT2D eigenvalue weighted by molar-refractivity contribution is 5.94. The summed E-state index contributed by atoms with van der Waals surface area (Å²) in [6, 6.07) is 5.92. The van der Waals surface area contributed by atoms with Crippen LogP contribution in [0.2, 0.25) is 0 Å². The van der Waals surface area contributed by atoms with Crippen LogP contribution in [0.15, 0.2) is 18.2 Å². The fraction of sp³-hybridized carbons (Fsp3) is 0.500. The van der Waals surface area contributed by atoms with Crippen LogP contribution >= 0.6 is 0 Å². The van der Waals surface area contributed by atoms with E-state index in [1.807, 2.05) is 18.2 Å². The first-order valence-corrected chi connectivity index (χ1v) is 6.15. The first-order valence-electron chi connectivity index (χ1n) is 6.15. The number of benzene rings is 1. The van der Waals surface area contributed by atoms with Crippen LogP contribution in [0.25, 0.3) is 0 Å². The minimum Gasteiger partial charge on any atom is -0.495 e. The van der Waals surface area contributed by atoms with Crippen molar-refractivity contribution in [3.63, 3.8) is 0 Å². The fourth-order valence-corrected chi connectivity index (χ4v) is 1.76. The van der Waals surface area contributed by atoms with Crippen molar-refractivity contribution >= 4 is 11.6 Å². The minimum absolute atomic E-state index is 0.00639. The Bertz CT molecular complexity index is 416. The molecular formula is C14H22N2O2. The molecule has 0 saturated heterocycles. The molecule has 1 amide bonds. The lowest BCUT2D eigenvalue weighted by atomic mass is 10.0. The molecule has 0 aliphatic heterocycles. The van der Waals surface area contributed by atoms with E-state index in [0.717, 1.165) is 5.69 Å². The molecule has 4 heteroatoms. The number of rotatable bonds is 5. The molecule has 0 heterocycles. The number of anilines is 1. The number of carbonyl (C=O) groups excluding carboxylic acids is 1. The third-order valence-electron chi connectivity index (χ3n) is 2.96. The molecule has 1 rings (SSSR count). The Kier molecular flexibility index (Phi) is 5.16. The predicted octanol–water partition coefficient (Wildman–Crippen LogP) is 2.13. The number of hydrogen-bond donors (Lipinski definition) is 1. The molecular weight excluding hydrogens is 228 g/mol. The highest BCUT2D eigenvalue weighted by Gasteiger charge is 2.15. The quantitative estimate of drug-likeness (QED) is 0.871. The van der Waals surface area contributed by atoms with Gasteiger partial charge in [-0.1, -0.05) is 19.9 Å². The molecule has 0 aliphatic rings. The van der Waals surface area contributed by atoms with Crippen LogP contribution in [0.3, 0.4) is 0 Å². The Balaban J connectivity index is 3.05. The van der Waals surface area contributed by atoms with Gasteiger partial charge in [0.2, 0.25) is 5.91 Å². The van der Waals surface area contributed by atoms with Gasteiger partial charge < -0.3 is 15.4 Å². The lowest BCUT2D eigenvalue weighted by Crippen LogP contribution is -2.28. The van der Waals surface area contributed by atoms with E-state index in [1.165, 1.54) is 5.56 Å². The Morgan fingerprint density at radius 1 is 1.44 bits per heavy atom. The van der Waals surface area contributed by atoms with Gasteiger partial charge in [0.25, 0.3) is 0 Å². The summed E-state index contributed by atoms with van der Waals surface area (Å²) in [5.74, 6) is 1.14. The van der Waals surface area contributed by atoms with Crippen LogP contribution in [0.4, 0.5) is 5.69 Å². The van der Waals surface area contributed by atoms with Gasteiger partial charge in [-0.25, -0.2) is 0 Å². The van der Waals surface area contributed by atoms with Gasteiger partial charge in [-0.3, -0.25) is 4.79 Å². The monoisotopic (exact) mass is 250 g/mol. The van der Waals surface area contributed by atoms with Gasteiger partial charge in [-0.15, -0.1) is 0 Å². The predicted molar refractivity (Wildman–Crippen MR) is 74.2 cm³/mol. The molecule has 0 radical (unpaired) electrons. The Morgan fingerprint density at radius 3 is 2.61 bits per heavy atom. The molecule has 1 aromatic carbocycles. The summed E-state index contributed by atoms with van der Waals surface area (Å²) in [4.78, 5) is 13.4. The molecule has 4 nitrogen and oxygen atoms in total. The van der Waals surface area contributed by atoms with Gasteiger partial charge in [0, 0.05) is 20.0 Å². The maximum absolute atomic E-state index is 11.8. The summed E-state index contributed by atoms with van der Waals surface area (Å²) in [6.07, 6.45) is 0.339. The lowest BCUT2D eigenvalue weighted by molar-refractivity contribution is -0.118. The molecule has 0 aliphatic carbocycles. The number of nitrogens with zero attached hydrogens (tertiary/aromatic N) is 1. The first-order chi connectivity index (χ1) is 8.51. The number of nitrogens with two attached hydrogens (primary N) is 1. The van der Waals surface area contributed by atoms with Crippen LogP contribution in [-0.4, -0.2) is 26.6 Å². The average Bonchev–Trinajstić information content (AvgIpc) is 2.37. The van der Waals surface area contributed by atoms with Gasteiger partial charge in [0.1, 0.15) is 5.75 Å². The van der Waals surface area contributed by atoms with Crippen molar-refractivity contribution in [2.45, 2.75) is 26.2 Å². The number of carbonyl (C=O) groups is 1.